The Bertz CT molecular complexity index is 812. The number of rotatable bonds is 10. The maximum Gasteiger partial charge on any atom is 0.407 e. The monoisotopic (exact) mass is 431 g/mol. The number of fused-ring (bicyclic) bond motifs is 1. The van der Waals surface area contributed by atoms with Crippen LogP contribution < -0.4 is 0 Å². The molecule has 0 saturated heterocycles. The van der Waals surface area contributed by atoms with Gasteiger partial charge in [0, 0.05) is 0 Å². The van der Waals surface area contributed by atoms with Gasteiger partial charge in [0.2, 0.25) is 5.78 Å². The molecule has 0 fully saturated rings. The third-order valence-corrected chi connectivity index (χ3v) is 6.48. The van der Waals surface area contributed by atoms with Crippen molar-refractivity contribution in [1.29, 1.82) is 0 Å². The highest BCUT2D eigenvalue weighted by molar-refractivity contribution is 7.56. The van der Waals surface area contributed by atoms with E-state index >= 15 is 8.78 Å². The SMILES string of the molecule is CCOP(=O)(OCC)C(F)(F)C(=O)[C@H](CC(C)C)N1C(=O)c2ccccc2C1=O. The maximum absolute atomic E-state index is 15.1. The van der Waals surface area contributed by atoms with Gasteiger partial charge in [0.15, 0.2) is 0 Å². The molecule has 0 radical (unpaired) electrons. The van der Waals surface area contributed by atoms with Gasteiger partial charge in [-0.2, -0.15) is 8.78 Å². The van der Waals surface area contributed by atoms with E-state index in [0.29, 0.717) is 4.90 Å². The molecular weight excluding hydrogens is 407 g/mol. The van der Waals surface area contributed by atoms with Crippen LogP contribution in [0.1, 0.15) is 54.8 Å². The van der Waals surface area contributed by atoms with Crippen LogP contribution in [0.4, 0.5) is 8.78 Å². The zero-order chi connectivity index (χ0) is 22.0. The number of halogens is 2. The molecule has 0 N–H and O–H groups in total. The third-order valence-electron chi connectivity index (χ3n) is 4.37. The Morgan fingerprint density at radius 1 is 1.07 bits per heavy atom. The van der Waals surface area contributed by atoms with Gasteiger partial charge >= 0.3 is 13.3 Å². The summed E-state index contributed by atoms with van der Waals surface area (Å²) in [6.07, 6.45) is -0.224. The number of amides is 2. The Morgan fingerprint density at radius 3 is 1.90 bits per heavy atom. The van der Waals surface area contributed by atoms with Crippen molar-refractivity contribution in [1.82, 2.24) is 4.90 Å². The zero-order valence-electron chi connectivity index (χ0n) is 16.7. The highest BCUT2D eigenvalue weighted by atomic mass is 31.2. The number of carbonyl (C=O) groups excluding carboxylic acids is 3. The number of hydrogen-bond acceptors (Lipinski definition) is 6. The molecule has 1 heterocycles. The molecule has 0 saturated carbocycles. The number of benzene rings is 1. The van der Waals surface area contributed by atoms with Gasteiger partial charge in [-0.3, -0.25) is 23.8 Å². The number of Topliss-reactive ketones (excluding diaryl/α,β-unsaturated/α-hetero) is 1. The number of ketones is 1. The van der Waals surface area contributed by atoms with E-state index in [2.05, 4.69) is 9.05 Å². The van der Waals surface area contributed by atoms with Crippen LogP contribution in [0.25, 0.3) is 0 Å². The Hall–Kier alpha value is -1.96. The van der Waals surface area contributed by atoms with Gasteiger partial charge in [0.1, 0.15) is 6.04 Å². The van der Waals surface area contributed by atoms with Crippen LogP contribution in [0.3, 0.4) is 0 Å². The molecule has 2 amide bonds. The van der Waals surface area contributed by atoms with Crippen LogP contribution in [0.5, 0.6) is 0 Å². The van der Waals surface area contributed by atoms with Gasteiger partial charge in [0.05, 0.1) is 24.3 Å². The molecule has 2 rings (SSSR count). The summed E-state index contributed by atoms with van der Waals surface area (Å²) in [6.45, 7) is 5.23. The summed E-state index contributed by atoms with van der Waals surface area (Å²) in [7, 11) is -5.16. The Balaban J connectivity index is 2.50. The first-order valence-electron chi connectivity index (χ1n) is 9.30. The van der Waals surface area contributed by atoms with Crippen molar-refractivity contribution in [2.45, 2.75) is 45.8 Å². The fourth-order valence-corrected chi connectivity index (χ4v) is 4.64. The Kier molecular flexibility index (Phi) is 7.09. The van der Waals surface area contributed by atoms with Crippen LogP contribution >= 0.6 is 7.60 Å². The lowest BCUT2D eigenvalue weighted by molar-refractivity contribution is -0.140. The first-order chi connectivity index (χ1) is 13.5. The van der Waals surface area contributed by atoms with Crippen molar-refractivity contribution in [2.75, 3.05) is 13.2 Å². The summed E-state index contributed by atoms with van der Waals surface area (Å²) in [6, 6.07) is 4.01. The average molecular weight is 431 g/mol. The van der Waals surface area contributed by atoms with Crippen LogP contribution in [0.15, 0.2) is 24.3 Å². The van der Waals surface area contributed by atoms with Crippen molar-refractivity contribution >= 4 is 25.2 Å². The van der Waals surface area contributed by atoms with Gasteiger partial charge in [-0.1, -0.05) is 26.0 Å². The van der Waals surface area contributed by atoms with Crippen LogP contribution in [-0.4, -0.2) is 47.4 Å². The quantitative estimate of drug-likeness (QED) is 0.409. The molecule has 0 spiro atoms. The lowest BCUT2D eigenvalue weighted by Crippen LogP contribution is -2.51. The summed E-state index contributed by atoms with van der Waals surface area (Å²) in [5.41, 5.74) is -4.48. The first kappa shape index (κ1) is 23.3. The molecule has 1 aromatic carbocycles. The molecule has 0 aliphatic carbocycles. The van der Waals surface area contributed by atoms with Gasteiger partial charge < -0.3 is 9.05 Å². The molecule has 160 valence electrons. The van der Waals surface area contributed by atoms with Crippen LogP contribution in [0.2, 0.25) is 0 Å². The highest BCUT2D eigenvalue weighted by Crippen LogP contribution is 2.62. The first-order valence-corrected chi connectivity index (χ1v) is 10.8. The second-order valence-corrected chi connectivity index (χ2v) is 8.98. The summed E-state index contributed by atoms with van der Waals surface area (Å²) in [5.74, 6) is -3.85. The predicted octanol–water partition coefficient (Wildman–Crippen LogP) is 4.13. The summed E-state index contributed by atoms with van der Waals surface area (Å²) in [5, 5.41) is 0. The van der Waals surface area contributed by atoms with Gasteiger partial charge in [-0.05, 0) is 38.3 Å². The fourth-order valence-electron chi connectivity index (χ4n) is 3.14. The van der Waals surface area contributed by atoms with E-state index in [9.17, 15) is 18.9 Å². The van der Waals surface area contributed by atoms with Crippen molar-refractivity contribution in [2.24, 2.45) is 5.92 Å². The third kappa shape index (κ3) is 4.17. The number of hydrogen-bond donors (Lipinski definition) is 0. The second-order valence-electron chi connectivity index (χ2n) is 6.91. The van der Waals surface area contributed by atoms with Crippen molar-refractivity contribution in [3.05, 3.63) is 35.4 Å². The summed E-state index contributed by atoms with van der Waals surface area (Å²) >= 11 is 0. The second kappa shape index (κ2) is 8.81. The minimum Gasteiger partial charge on any atom is -0.304 e. The molecule has 0 bridgehead atoms. The number of alkyl halides is 2. The topological polar surface area (TPSA) is 90.0 Å². The summed E-state index contributed by atoms with van der Waals surface area (Å²) in [4.78, 5) is 38.9. The molecule has 1 aromatic rings. The van der Waals surface area contributed by atoms with Crippen molar-refractivity contribution in [3.63, 3.8) is 0 Å². The van der Waals surface area contributed by atoms with Crippen molar-refractivity contribution in [3.8, 4) is 0 Å². The van der Waals surface area contributed by atoms with E-state index < -0.39 is 36.9 Å². The van der Waals surface area contributed by atoms with Crippen LogP contribution in [-0.2, 0) is 18.4 Å². The zero-order valence-corrected chi connectivity index (χ0v) is 17.6. The van der Waals surface area contributed by atoms with Crippen LogP contribution in [0, 0.1) is 5.92 Å². The molecule has 1 aliphatic rings. The molecule has 10 heteroatoms. The molecule has 0 aromatic heterocycles. The number of nitrogens with zero attached hydrogens (tertiary/aromatic N) is 1. The minimum atomic E-state index is -5.16. The minimum absolute atomic E-state index is 0.0279. The fraction of sp³-hybridized carbons (Fsp3) is 0.526. The summed E-state index contributed by atoms with van der Waals surface area (Å²) < 4.78 is 52.1. The average Bonchev–Trinajstić information content (AvgIpc) is 2.90. The molecule has 1 aliphatic heterocycles. The van der Waals surface area contributed by atoms with E-state index in [1.165, 1.54) is 38.1 Å². The maximum atomic E-state index is 15.1. The Labute approximate surface area is 167 Å². The number of carbonyl (C=O) groups is 3. The number of imide groups is 1. The van der Waals surface area contributed by atoms with E-state index in [1.54, 1.807) is 13.8 Å². The molecule has 29 heavy (non-hydrogen) atoms. The normalized spacial score (nSPS) is 15.8. The molecule has 1 atom stereocenters. The van der Waals surface area contributed by atoms with E-state index in [1.807, 2.05) is 0 Å². The molecule has 7 nitrogen and oxygen atoms in total. The Morgan fingerprint density at radius 2 is 1.52 bits per heavy atom. The van der Waals surface area contributed by atoms with E-state index in [4.69, 9.17) is 0 Å². The lowest BCUT2D eigenvalue weighted by atomic mass is 9.98. The van der Waals surface area contributed by atoms with Gasteiger partial charge in [-0.25, -0.2) is 0 Å². The van der Waals surface area contributed by atoms with E-state index in [0.717, 1.165) is 0 Å². The smallest absolute Gasteiger partial charge is 0.304 e. The standard InChI is InChI=1S/C19H24F2NO6P/c1-5-27-29(26,28-6-2)19(20,21)16(23)15(11-12(3)4)22-17(24)13-9-7-8-10-14(13)18(22)25/h7-10,12,15H,5-6,11H2,1-4H3/t15-/m0/s1. The predicted molar refractivity (Wildman–Crippen MR) is 101 cm³/mol. The largest absolute Gasteiger partial charge is 0.407 e. The van der Waals surface area contributed by atoms with Crippen molar-refractivity contribution < 1.29 is 36.8 Å². The van der Waals surface area contributed by atoms with E-state index in [-0.39, 0.29) is 36.7 Å². The molecular formula is C19H24F2NO6P. The molecule has 0 unspecified atom stereocenters. The lowest BCUT2D eigenvalue weighted by Gasteiger charge is -2.31. The van der Waals surface area contributed by atoms with Gasteiger partial charge in [-0.15, -0.1) is 0 Å². The highest BCUT2D eigenvalue weighted by Gasteiger charge is 2.63. The van der Waals surface area contributed by atoms with Gasteiger partial charge in [0.25, 0.3) is 11.8 Å².